The number of aromatic nitrogens is 1. The molecule has 4 aromatic rings. The summed E-state index contributed by atoms with van der Waals surface area (Å²) in [4.78, 5) is 6.10. The van der Waals surface area contributed by atoms with Gasteiger partial charge >= 0.3 is 0 Å². The first kappa shape index (κ1) is 23.7. The molecule has 3 aromatic carbocycles. The molecule has 0 spiro atoms. The minimum Gasteiger partial charge on any atom is -0.379 e. The SMILES string of the molecule is Cc1ccc(N=c2scc(-c3ccc(S(=O)(=O)N4CCOCC4)cc3)n2Cc2ccccc2)cc1. The van der Waals surface area contributed by atoms with E-state index >= 15 is 0 Å². The summed E-state index contributed by atoms with van der Waals surface area (Å²) in [6.07, 6.45) is 0. The fourth-order valence-electron chi connectivity index (χ4n) is 4.03. The summed E-state index contributed by atoms with van der Waals surface area (Å²) in [7, 11) is -3.53. The van der Waals surface area contributed by atoms with Crippen LogP contribution in [0.2, 0.25) is 0 Å². The summed E-state index contributed by atoms with van der Waals surface area (Å²) < 4.78 is 35.0. The quantitative estimate of drug-likeness (QED) is 0.377. The van der Waals surface area contributed by atoms with Crippen molar-refractivity contribution in [3.05, 3.63) is 100 Å². The third kappa shape index (κ3) is 5.31. The van der Waals surface area contributed by atoms with Gasteiger partial charge in [0.1, 0.15) is 0 Å². The molecule has 8 heteroatoms. The first-order valence-corrected chi connectivity index (χ1v) is 13.8. The molecule has 35 heavy (non-hydrogen) atoms. The lowest BCUT2D eigenvalue weighted by molar-refractivity contribution is 0.0730. The van der Waals surface area contributed by atoms with Crippen molar-refractivity contribution in [3.8, 4) is 11.3 Å². The molecule has 6 nitrogen and oxygen atoms in total. The Labute approximate surface area is 209 Å². The third-order valence-electron chi connectivity index (χ3n) is 6.00. The van der Waals surface area contributed by atoms with Gasteiger partial charge in [-0.05, 0) is 42.3 Å². The van der Waals surface area contributed by atoms with E-state index in [4.69, 9.17) is 9.73 Å². The van der Waals surface area contributed by atoms with Gasteiger partial charge in [-0.25, -0.2) is 13.4 Å². The maximum Gasteiger partial charge on any atom is 0.243 e. The lowest BCUT2D eigenvalue weighted by Gasteiger charge is -2.26. The molecule has 2 heterocycles. The van der Waals surface area contributed by atoms with Crippen LogP contribution in [0.5, 0.6) is 0 Å². The molecule has 1 fully saturated rings. The second-order valence-electron chi connectivity index (χ2n) is 8.46. The predicted molar refractivity (Wildman–Crippen MR) is 139 cm³/mol. The molecule has 5 rings (SSSR count). The molecule has 0 unspecified atom stereocenters. The molecule has 0 bridgehead atoms. The van der Waals surface area contributed by atoms with Crippen LogP contribution in [0.4, 0.5) is 5.69 Å². The lowest BCUT2D eigenvalue weighted by atomic mass is 10.1. The van der Waals surface area contributed by atoms with Crippen LogP contribution in [0.15, 0.2) is 94.1 Å². The Kier molecular flexibility index (Phi) is 6.97. The van der Waals surface area contributed by atoms with E-state index in [-0.39, 0.29) is 0 Å². The minimum atomic E-state index is -3.53. The number of hydrogen-bond acceptors (Lipinski definition) is 5. The number of aryl methyl sites for hydroxylation is 1. The number of nitrogens with zero attached hydrogens (tertiary/aromatic N) is 3. The molecule has 0 saturated carbocycles. The van der Waals surface area contributed by atoms with Gasteiger partial charge in [-0.15, -0.1) is 11.3 Å². The van der Waals surface area contributed by atoms with Crippen LogP contribution in [-0.4, -0.2) is 43.6 Å². The van der Waals surface area contributed by atoms with E-state index < -0.39 is 10.0 Å². The van der Waals surface area contributed by atoms with Gasteiger partial charge in [0, 0.05) is 18.5 Å². The molecule has 180 valence electrons. The number of sulfonamides is 1. The van der Waals surface area contributed by atoms with Gasteiger partial charge in [-0.1, -0.05) is 60.2 Å². The maximum atomic E-state index is 13.0. The Morgan fingerprint density at radius 3 is 2.29 bits per heavy atom. The van der Waals surface area contributed by atoms with Crippen LogP contribution in [-0.2, 0) is 21.3 Å². The fourth-order valence-corrected chi connectivity index (χ4v) is 6.37. The number of rotatable bonds is 6. The van der Waals surface area contributed by atoms with Crippen LogP contribution in [0.3, 0.4) is 0 Å². The van der Waals surface area contributed by atoms with Crippen LogP contribution >= 0.6 is 11.3 Å². The Morgan fingerprint density at radius 2 is 1.60 bits per heavy atom. The van der Waals surface area contributed by atoms with Crippen molar-refractivity contribution in [2.45, 2.75) is 18.4 Å². The van der Waals surface area contributed by atoms with Crippen LogP contribution < -0.4 is 4.80 Å². The molecule has 1 aliphatic heterocycles. The summed E-state index contributed by atoms with van der Waals surface area (Å²) in [6, 6.07) is 25.6. The first-order chi connectivity index (χ1) is 17.0. The third-order valence-corrected chi connectivity index (χ3v) is 8.77. The molecular formula is C27H27N3O3S2. The van der Waals surface area contributed by atoms with E-state index in [1.54, 1.807) is 23.5 Å². The van der Waals surface area contributed by atoms with Crippen molar-refractivity contribution in [1.82, 2.24) is 8.87 Å². The zero-order valence-electron chi connectivity index (χ0n) is 19.5. The average Bonchev–Trinajstić information content (AvgIpc) is 3.28. The summed E-state index contributed by atoms with van der Waals surface area (Å²) in [5.74, 6) is 0. The van der Waals surface area contributed by atoms with Gasteiger partial charge < -0.3 is 9.30 Å². The predicted octanol–water partition coefficient (Wildman–Crippen LogP) is 4.83. The highest BCUT2D eigenvalue weighted by molar-refractivity contribution is 7.89. The van der Waals surface area contributed by atoms with E-state index in [9.17, 15) is 8.42 Å². The van der Waals surface area contributed by atoms with Crippen molar-refractivity contribution in [2.75, 3.05) is 26.3 Å². The zero-order valence-corrected chi connectivity index (χ0v) is 21.1. The fraction of sp³-hybridized carbons (Fsp3) is 0.222. The normalized spacial score (nSPS) is 15.4. The maximum absolute atomic E-state index is 13.0. The highest BCUT2D eigenvalue weighted by atomic mass is 32.2. The van der Waals surface area contributed by atoms with Gasteiger partial charge in [-0.3, -0.25) is 0 Å². The number of benzene rings is 3. The van der Waals surface area contributed by atoms with E-state index in [0.29, 0.717) is 37.7 Å². The van der Waals surface area contributed by atoms with Crippen LogP contribution in [0, 0.1) is 6.92 Å². The van der Waals surface area contributed by atoms with E-state index in [0.717, 1.165) is 21.7 Å². The largest absolute Gasteiger partial charge is 0.379 e. The van der Waals surface area contributed by atoms with Crippen molar-refractivity contribution in [2.24, 2.45) is 4.99 Å². The molecule has 0 radical (unpaired) electrons. The van der Waals surface area contributed by atoms with E-state index in [2.05, 4.69) is 41.1 Å². The average molecular weight is 506 g/mol. The summed E-state index contributed by atoms with van der Waals surface area (Å²) >= 11 is 1.58. The molecule has 0 amide bonds. The molecule has 0 N–H and O–H groups in total. The Bertz CT molecular complexity index is 1450. The molecular weight excluding hydrogens is 478 g/mol. The monoisotopic (exact) mass is 505 g/mol. The Morgan fingerprint density at radius 1 is 0.914 bits per heavy atom. The second-order valence-corrected chi connectivity index (χ2v) is 11.2. The standard InChI is InChI=1S/C27H27N3O3S2/c1-21-7-11-24(12-8-21)28-27-30(19-22-5-3-2-4-6-22)26(20-34-27)23-9-13-25(14-10-23)35(31,32)29-15-17-33-18-16-29/h2-14,20H,15-19H2,1H3. The number of hydrogen-bond donors (Lipinski definition) is 0. The Hall–Kier alpha value is -3.04. The van der Waals surface area contributed by atoms with Crippen molar-refractivity contribution < 1.29 is 13.2 Å². The van der Waals surface area contributed by atoms with Gasteiger partial charge in [0.2, 0.25) is 10.0 Å². The van der Waals surface area contributed by atoms with Gasteiger partial charge in [0.25, 0.3) is 0 Å². The topological polar surface area (TPSA) is 63.9 Å². The second kappa shape index (κ2) is 10.3. The first-order valence-electron chi connectivity index (χ1n) is 11.5. The van der Waals surface area contributed by atoms with Gasteiger partial charge in [-0.2, -0.15) is 4.31 Å². The Balaban J connectivity index is 1.52. The smallest absolute Gasteiger partial charge is 0.243 e. The highest BCUT2D eigenvalue weighted by Crippen LogP contribution is 2.25. The molecule has 0 atom stereocenters. The molecule has 1 saturated heterocycles. The molecule has 1 aliphatic rings. The van der Waals surface area contributed by atoms with E-state index in [1.807, 2.05) is 42.5 Å². The van der Waals surface area contributed by atoms with Gasteiger partial charge in [0.15, 0.2) is 4.80 Å². The number of thiazole rings is 1. The van der Waals surface area contributed by atoms with Crippen molar-refractivity contribution in [1.29, 1.82) is 0 Å². The lowest BCUT2D eigenvalue weighted by Crippen LogP contribution is -2.40. The van der Waals surface area contributed by atoms with E-state index in [1.165, 1.54) is 15.4 Å². The zero-order chi connectivity index (χ0) is 24.3. The van der Waals surface area contributed by atoms with Crippen LogP contribution in [0.1, 0.15) is 11.1 Å². The van der Waals surface area contributed by atoms with Gasteiger partial charge in [0.05, 0.1) is 36.0 Å². The molecule has 1 aromatic heterocycles. The van der Waals surface area contributed by atoms with Crippen molar-refractivity contribution >= 4 is 27.0 Å². The summed E-state index contributed by atoms with van der Waals surface area (Å²) in [5, 5.41) is 2.08. The summed E-state index contributed by atoms with van der Waals surface area (Å²) in [5.41, 5.74) is 5.21. The minimum absolute atomic E-state index is 0.303. The number of ether oxygens (including phenoxy) is 1. The van der Waals surface area contributed by atoms with Crippen LogP contribution in [0.25, 0.3) is 11.3 Å². The van der Waals surface area contributed by atoms with Crippen molar-refractivity contribution in [3.63, 3.8) is 0 Å². The highest BCUT2D eigenvalue weighted by Gasteiger charge is 2.26. The molecule has 0 aliphatic carbocycles. The summed E-state index contributed by atoms with van der Waals surface area (Å²) in [6.45, 7) is 4.35. The number of morpholine rings is 1.